The number of nitrogens with one attached hydrogen (secondary N) is 2. The quantitative estimate of drug-likeness (QED) is 0.417. The first-order valence-electron chi connectivity index (χ1n) is 12.7. The Bertz CT molecular complexity index is 1010. The molecule has 4 atom stereocenters. The molecule has 0 saturated carbocycles. The predicted octanol–water partition coefficient (Wildman–Crippen LogP) is -0.0182. The summed E-state index contributed by atoms with van der Waals surface area (Å²) in [6.45, 7) is 3.01. The number of nitrogens with two attached hydrogens (primary N) is 1. The molecule has 1 aromatic rings. The minimum absolute atomic E-state index is 0.00502. The number of anilines is 1. The Labute approximate surface area is 219 Å². The number of halogens is 3. The van der Waals surface area contributed by atoms with Crippen LogP contribution in [0, 0.1) is 17.2 Å². The third-order valence-electron chi connectivity index (χ3n) is 7.30. The predicted molar refractivity (Wildman–Crippen MR) is 130 cm³/mol. The third-order valence-corrected chi connectivity index (χ3v) is 7.30. The Morgan fingerprint density at radius 2 is 2.03 bits per heavy atom. The van der Waals surface area contributed by atoms with E-state index in [1.807, 2.05) is 6.07 Å². The van der Waals surface area contributed by atoms with E-state index in [2.05, 4.69) is 20.7 Å². The average Bonchev–Trinajstić information content (AvgIpc) is 3.36. The maximum Gasteiger partial charge on any atom is 0.402 e. The van der Waals surface area contributed by atoms with Gasteiger partial charge in [0.05, 0.1) is 18.8 Å². The number of hydrazine groups is 1. The summed E-state index contributed by atoms with van der Waals surface area (Å²) in [5, 5.41) is 8.90. The number of carbonyl (C=O) groups excluding carboxylic acids is 2. The summed E-state index contributed by atoms with van der Waals surface area (Å²) in [6.07, 6.45) is -1.64. The normalized spacial score (nSPS) is 25.7. The molecule has 14 heteroatoms. The van der Waals surface area contributed by atoms with Crippen LogP contribution in [0.5, 0.6) is 0 Å². The van der Waals surface area contributed by atoms with Crippen molar-refractivity contribution < 1.29 is 27.5 Å². The molecule has 3 saturated heterocycles. The fourth-order valence-corrected chi connectivity index (χ4v) is 5.35. The lowest BCUT2D eigenvalue weighted by Gasteiger charge is -2.40. The number of ether oxygens (including phenoxy) is 1. The molecule has 3 aliphatic rings. The smallest absolute Gasteiger partial charge is 0.378 e. The van der Waals surface area contributed by atoms with Gasteiger partial charge in [0, 0.05) is 63.5 Å². The van der Waals surface area contributed by atoms with Crippen LogP contribution in [0.1, 0.15) is 24.8 Å². The maximum atomic E-state index is 13.6. The van der Waals surface area contributed by atoms with Crippen LogP contribution in [-0.4, -0.2) is 103 Å². The Balaban J connectivity index is 1.20. The number of rotatable bonds is 8. The third kappa shape index (κ3) is 6.71. The number of amides is 2. The maximum absolute atomic E-state index is 13.6. The van der Waals surface area contributed by atoms with E-state index in [1.165, 1.54) is 6.20 Å². The lowest BCUT2D eigenvalue weighted by atomic mass is 9.94. The molecule has 1 aromatic heterocycles. The van der Waals surface area contributed by atoms with E-state index >= 15 is 0 Å². The standard InChI is InChI=1S/C24H33F3N8O3/c25-24(26,27)22-19(13-31-32-23(22)37)35-5-1-2-18(35)15-38-14-17(29)10-21(36)34-8-6-33(7-9-34)20-4-3-16(11-28)12-30-20/h3-4,12,17-19,22,31H,1-2,5-10,13-15,29H2,(H,32,37)/t17-,18-,19?,22?/m0/s1. The molecule has 3 aliphatic heterocycles. The number of hydrogen-bond donors (Lipinski definition) is 3. The molecule has 0 aliphatic carbocycles. The van der Waals surface area contributed by atoms with Crippen LogP contribution in [0.3, 0.4) is 0 Å². The highest BCUT2D eigenvalue weighted by Gasteiger charge is 2.54. The van der Waals surface area contributed by atoms with Crippen LogP contribution in [0.15, 0.2) is 18.3 Å². The van der Waals surface area contributed by atoms with Crippen LogP contribution in [0.4, 0.5) is 19.0 Å². The molecule has 0 aromatic carbocycles. The zero-order chi connectivity index (χ0) is 27.3. The second kappa shape index (κ2) is 12.2. The van der Waals surface area contributed by atoms with Crippen molar-refractivity contribution in [2.75, 3.05) is 57.4 Å². The lowest BCUT2D eigenvalue weighted by Crippen LogP contribution is -2.65. The van der Waals surface area contributed by atoms with Crippen molar-refractivity contribution in [3.63, 3.8) is 0 Å². The van der Waals surface area contributed by atoms with Gasteiger partial charge < -0.3 is 20.3 Å². The number of pyridine rings is 1. The van der Waals surface area contributed by atoms with Gasteiger partial charge >= 0.3 is 6.18 Å². The Morgan fingerprint density at radius 3 is 2.68 bits per heavy atom. The van der Waals surface area contributed by atoms with Crippen molar-refractivity contribution in [1.29, 1.82) is 5.26 Å². The molecule has 3 fully saturated rings. The van der Waals surface area contributed by atoms with Crippen LogP contribution in [0.2, 0.25) is 0 Å². The van der Waals surface area contributed by atoms with Crippen molar-refractivity contribution >= 4 is 17.6 Å². The molecule has 0 bridgehead atoms. The number of aromatic nitrogens is 1. The lowest BCUT2D eigenvalue weighted by molar-refractivity contribution is -0.201. The fraction of sp³-hybridized carbons (Fsp3) is 0.667. The molecule has 2 unspecified atom stereocenters. The number of hydrogen-bond acceptors (Lipinski definition) is 9. The summed E-state index contributed by atoms with van der Waals surface area (Å²) in [6, 6.07) is 3.73. The number of likely N-dealkylation sites (tertiary alicyclic amines) is 1. The minimum Gasteiger partial charge on any atom is -0.378 e. The average molecular weight is 539 g/mol. The molecule has 38 heavy (non-hydrogen) atoms. The van der Waals surface area contributed by atoms with Crippen molar-refractivity contribution in [2.45, 2.75) is 43.6 Å². The van der Waals surface area contributed by atoms with Crippen molar-refractivity contribution in [3.05, 3.63) is 23.9 Å². The summed E-state index contributed by atoms with van der Waals surface area (Å²) < 4.78 is 46.5. The van der Waals surface area contributed by atoms with Crippen molar-refractivity contribution in [1.82, 2.24) is 25.6 Å². The van der Waals surface area contributed by atoms with E-state index in [-0.39, 0.29) is 38.1 Å². The van der Waals surface area contributed by atoms with E-state index < -0.39 is 30.1 Å². The molecule has 208 valence electrons. The van der Waals surface area contributed by atoms with E-state index in [0.717, 1.165) is 5.82 Å². The summed E-state index contributed by atoms with van der Waals surface area (Å²) in [5.74, 6) is -2.50. The van der Waals surface area contributed by atoms with Crippen LogP contribution < -0.4 is 21.5 Å². The molecule has 0 radical (unpaired) electrons. The summed E-state index contributed by atoms with van der Waals surface area (Å²) >= 11 is 0. The Kier molecular flexibility index (Phi) is 9.03. The van der Waals surface area contributed by atoms with Gasteiger partial charge in [0.1, 0.15) is 11.9 Å². The number of alkyl halides is 3. The SMILES string of the molecule is N#Cc1ccc(N2CCN(C(=O)C[C@H](N)COC[C@@H]3CCCN3C3CNNC(=O)C3C(F)(F)F)CC2)nc1. The van der Waals surface area contributed by atoms with E-state index in [9.17, 15) is 22.8 Å². The van der Waals surface area contributed by atoms with Gasteiger partial charge in [-0.15, -0.1) is 0 Å². The van der Waals surface area contributed by atoms with E-state index in [0.29, 0.717) is 51.1 Å². The molecule has 11 nitrogen and oxygen atoms in total. The zero-order valence-electron chi connectivity index (χ0n) is 21.0. The van der Waals surface area contributed by atoms with Crippen molar-refractivity contribution in [2.24, 2.45) is 11.7 Å². The number of nitriles is 1. The summed E-state index contributed by atoms with van der Waals surface area (Å²) in [7, 11) is 0. The summed E-state index contributed by atoms with van der Waals surface area (Å²) in [4.78, 5) is 34.5. The van der Waals surface area contributed by atoms with E-state index in [1.54, 1.807) is 21.9 Å². The number of piperazine rings is 1. The Hall–Kier alpha value is -2.99. The van der Waals surface area contributed by atoms with Crippen LogP contribution in [-0.2, 0) is 14.3 Å². The molecule has 4 N–H and O–H groups in total. The Morgan fingerprint density at radius 1 is 1.26 bits per heavy atom. The topological polar surface area (TPSA) is 140 Å². The van der Waals surface area contributed by atoms with Crippen LogP contribution >= 0.6 is 0 Å². The van der Waals surface area contributed by atoms with Gasteiger partial charge in [0.25, 0.3) is 0 Å². The first kappa shape index (κ1) is 28.0. The van der Waals surface area contributed by atoms with E-state index in [4.69, 9.17) is 15.7 Å². The summed E-state index contributed by atoms with van der Waals surface area (Å²) in [5.41, 5.74) is 11.3. The first-order valence-corrected chi connectivity index (χ1v) is 12.7. The second-order valence-corrected chi connectivity index (χ2v) is 9.88. The molecule has 2 amide bonds. The highest BCUT2D eigenvalue weighted by molar-refractivity contribution is 5.80. The molecular weight excluding hydrogens is 505 g/mol. The first-order chi connectivity index (χ1) is 18.2. The van der Waals surface area contributed by atoms with Crippen molar-refractivity contribution in [3.8, 4) is 6.07 Å². The molecule has 0 spiro atoms. The minimum atomic E-state index is -4.64. The second-order valence-electron chi connectivity index (χ2n) is 9.88. The van der Waals surface area contributed by atoms with Gasteiger partial charge in [-0.1, -0.05) is 0 Å². The molecule has 4 rings (SSSR count). The van der Waals surface area contributed by atoms with Gasteiger partial charge in [-0.05, 0) is 31.5 Å². The number of carbonyl (C=O) groups is 2. The van der Waals surface area contributed by atoms with Gasteiger partial charge in [0.15, 0.2) is 5.92 Å². The van der Waals surface area contributed by atoms with Gasteiger partial charge in [-0.3, -0.25) is 19.9 Å². The number of nitrogens with zero attached hydrogens (tertiary/aromatic N) is 5. The fourth-order valence-electron chi connectivity index (χ4n) is 5.35. The van der Waals surface area contributed by atoms with Crippen LogP contribution in [0.25, 0.3) is 0 Å². The largest absolute Gasteiger partial charge is 0.402 e. The highest BCUT2D eigenvalue weighted by Crippen LogP contribution is 2.35. The monoisotopic (exact) mass is 538 g/mol. The van der Waals surface area contributed by atoms with Gasteiger partial charge in [0.2, 0.25) is 11.8 Å². The molecule has 4 heterocycles. The molecular formula is C24H33F3N8O3. The highest BCUT2D eigenvalue weighted by atomic mass is 19.4. The van der Waals surface area contributed by atoms with Gasteiger partial charge in [-0.2, -0.15) is 18.4 Å². The van der Waals surface area contributed by atoms with Gasteiger partial charge in [-0.25, -0.2) is 10.4 Å². The zero-order valence-corrected chi connectivity index (χ0v) is 21.0.